The van der Waals surface area contributed by atoms with Gasteiger partial charge in [0.1, 0.15) is 0 Å². The molecule has 118 valence electrons. The van der Waals surface area contributed by atoms with Crippen LogP contribution in [-0.4, -0.2) is 23.3 Å². The standard InChI is InChI=1S/C16H12BrNO5/c17-13-5-1-11(2-6-13)9-16(20)23-10-15(19)12-3-7-14(8-4-12)18(21)22/h1-8H,9-10H2. The van der Waals surface area contributed by atoms with Gasteiger partial charge in [0, 0.05) is 22.2 Å². The molecule has 0 aromatic heterocycles. The van der Waals surface area contributed by atoms with Gasteiger partial charge in [-0.2, -0.15) is 0 Å². The van der Waals surface area contributed by atoms with E-state index < -0.39 is 23.3 Å². The molecule has 2 aromatic rings. The SMILES string of the molecule is O=C(Cc1ccc(Br)cc1)OCC(=O)c1ccc([N+](=O)[O-])cc1. The Morgan fingerprint density at radius 1 is 1.04 bits per heavy atom. The van der Waals surface area contributed by atoms with E-state index in [0.29, 0.717) is 0 Å². The minimum absolute atomic E-state index is 0.0703. The van der Waals surface area contributed by atoms with Gasteiger partial charge in [-0.15, -0.1) is 0 Å². The zero-order chi connectivity index (χ0) is 16.8. The van der Waals surface area contributed by atoms with Gasteiger partial charge in [-0.05, 0) is 29.8 Å². The number of benzene rings is 2. The molecule has 2 aromatic carbocycles. The molecule has 2 rings (SSSR count). The highest BCUT2D eigenvalue weighted by molar-refractivity contribution is 9.10. The number of hydrogen-bond acceptors (Lipinski definition) is 5. The highest BCUT2D eigenvalue weighted by Crippen LogP contribution is 2.13. The molecule has 0 atom stereocenters. The molecule has 0 N–H and O–H groups in total. The lowest BCUT2D eigenvalue weighted by Gasteiger charge is -2.05. The lowest BCUT2D eigenvalue weighted by atomic mass is 10.1. The van der Waals surface area contributed by atoms with E-state index in [1.807, 2.05) is 12.1 Å². The maximum absolute atomic E-state index is 11.9. The fourth-order valence-electron chi connectivity index (χ4n) is 1.82. The molecule has 0 unspecified atom stereocenters. The number of Topliss-reactive ketones (excluding diaryl/α,β-unsaturated/α-hetero) is 1. The minimum atomic E-state index is -0.549. The summed E-state index contributed by atoms with van der Waals surface area (Å²) >= 11 is 3.30. The third kappa shape index (κ3) is 5.00. The van der Waals surface area contributed by atoms with Crippen LogP contribution in [0, 0.1) is 10.1 Å². The van der Waals surface area contributed by atoms with Crippen molar-refractivity contribution in [1.82, 2.24) is 0 Å². The van der Waals surface area contributed by atoms with Gasteiger partial charge in [-0.25, -0.2) is 0 Å². The molecule has 0 aliphatic heterocycles. The molecule has 6 nitrogen and oxygen atoms in total. The maximum Gasteiger partial charge on any atom is 0.310 e. The van der Waals surface area contributed by atoms with Crippen LogP contribution in [0.25, 0.3) is 0 Å². The van der Waals surface area contributed by atoms with Gasteiger partial charge in [-0.1, -0.05) is 28.1 Å². The monoisotopic (exact) mass is 377 g/mol. The Balaban J connectivity index is 1.87. The Labute approximate surface area is 140 Å². The second-order valence-corrected chi connectivity index (χ2v) is 5.61. The Morgan fingerprint density at radius 3 is 2.22 bits per heavy atom. The fourth-order valence-corrected chi connectivity index (χ4v) is 2.08. The summed E-state index contributed by atoms with van der Waals surface area (Å²) in [6.07, 6.45) is 0.0703. The number of nitro groups is 1. The zero-order valence-electron chi connectivity index (χ0n) is 11.9. The Kier molecular flexibility index (Phi) is 5.59. The van der Waals surface area contributed by atoms with Crippen molar-refractivity contribution < 1.29 is 19.2 Å². The molecule has 0 spiro atoms. The normalized spacial score (nSPS) is 10.1. The second-order valence-electron chi connectivity index (χ2n) is 4.69. The summed E-state index contributed by atoms with van der Waals surface area (Å²) in [5.74, 6) is -0.924. The third-order valence-electron chi connectivity index (χ3n) is 3.03. The minimum Gasteiger partial charge on any atom is -0.457 e. The number of non-ortho nitro benzene ring substituents is 1. The van der Waals surface area contributed by atoms with Crippen LogP contribution in [0.15, 0.2) is 53.0 Å². The van der Waals surface area contributed by atoms with Crippen LogP contribution in [0.3, 0.4) is 0 Å². The number of carbonyl (C=O) groups is 2. The van der Waals surface area contributed by atoms with E-state index >= 15 is 0 Å². The van der Waals surface area contributed by atoms with E-state index in [9.17, 15) is 19.7 Å². The molecule has 0 aliphatic carbocycles. The molecule has 23 heavy (non-hydrogen) atoms. The van der Waals surface area contributed by atoms with Crippen LogP contribution in [0.5, 0.6) is 0 Å². The van der Waals surface area contributed by atoms with Gasteiger partial charge in [0.2, 0.25) is 0 Å². The lowest BCUT2D eigenvalue weighted by molar-refractivity contribution is -0.384. The van der Waals surface area contributed by atoms with Gasteiger partial charge < -0.3 is 4.74 Å². The lowest BCUT2D eigenvalue weighted by Crippen LogP contribution is -2.15. The van der Waals surface area contributed by atoms with Crippen LogP contribution in [0.2, 0.25) is 0 Å². The van der Waals surface area contributed by atoms with Crippen molar-refractivity contribution in [2.75, 3.05) is 6.61 Å². The Morgan fingerprint density at radius 2 is 1.65 bits per heavy atom. The highest BCUT2D eigenvalue weighted by atomic mass is 79.9. The van der Waals surface area contributed by atoms with Crippen molar-refractivity contribution in [2.45, 2.75) is 6.42 Å². The largest absolute Gasteiger partial charge is 0.457 e. The summed E-state index contributed by atoms with van der Waals surface area (Å²) in [5, 5.41) is 10.5. The van der Waals surface area contributed by atoms with Gasteiger partial charge >= 0.3 is 5.97 Å². The van der Waals surface area contributed by atoms with E-state index in [1.165, 1.54) is 24.3 Å². The maximum atomic E-state index is 11.9. The van der Waals surface area contributed by atoms with Crippen LogP contribution in [0.1, 0.15) is 15.9 Å². The molecule has 0 saturated carbocycles. The molecule has 7 heteroatoms. The van der Waals surface area contributed by atoms with Gasteiger partial charge in [0.15, 0.2) is 12.4 Å². The number of nitro benzene ring substituents is 1. The van der Waals surface area contributed by atoms with Crippen LogP contribution in [0.4, 0.5) is 5.69 Å². The Hall–Kier alpha value is -2.54. The molecule has 0 bridgehead atoms. The number of rotatable bonds is 6. The van der Waals surface area contributed by atoms with Gasteiger partial charge in [-0.3, -0.25) is 19.7 Å². The summed E-state index contributed by atoms with van der Waals surface area (Å²) in [6.45, 7) is -0.396. The summed E-state index contributed by atoms with van der Waals surface area (Å²) in [5.41, 5.74) is 0.932. The van der Waals surface area contributed by atoms with Crippen LogP contribution >= 0.6 is 15.9 Å². The topological polar surface area (TPSA) is 86.5 Å². The van der Waals surface area contributed by atoms with Gasteiger partial charge in [0.25, 0.3) is 5.69 Å². The third-order valence-corrected chi connectivity index (χ3v) is 3.55. The summed E-state index contributed by atoms with van der Waals surface area (Å²) in [4.78, 5) is 33.6. The Bertz CT molecular complexity index is 725. The molecule has 0 heterocycles. The molecule has 0 aliphatic rings. The van der Waals surface area contributed by atoms with Crippen molar-refractivity contribution >= 4 is 33.4 Å². The molecular formula is C16H12BrNO5. The zero-order valence-corrected chi connectivity index (χ0v) is 13.5. The quantitative estimate of drug-likeness (QED) is 0.333. The van der Waals surface area contributed by atoms with Crippen molar-refractivity contribution in [1.29, 1.82) is 0 Å². The first-order valence-corrected chi connectivity index (χ1v) is 7.43. The molecule has 0 fully saturated rings. The number of hydrogen-bond donors (Lipinski definition) is 0. The summed E-state index contributed by atoms with van der Waals surface area (Å²) < 4.78 is 5.84. The van der Waals surface area contributed by atoms with Crippen molar-refractivity contribution in [2.24, 2.45) is 0 Å². The number of carbonyl (C=O) groups excluding carboxylic acids is 2. The molecule has 0 saturated heterocycles. The van der Waals surface area contributed by atoms with Gasteiger partial charge in [0.05, 0.1) is 11.3 Å². The number of nitrogens with zero attached hydrogens (tertiary/aromatic N) is 1. The number of halogens is 1. The van der Waals surface area contributed by atoms with E-state index in [4.69, 9.17) is 4.74 Å². The first-order valence-electron chi connectivity index (χ1n) is 6.63. The molecule has 0 radical (unpaired) electrons. The van der Waals surface area contributed by atoms with E-state index in [0.717, 1.165) is 10.0 Å². The fraction of sp³-hybridized carbons (Fsp3) is 0.125. The van der Waals surface area contributed by atoms with Crippen molar-refractivity contribution in [3.63, 3.8) is 0 Å². The predicted octanol–water partition coefficient (Wildman–Crippen LogP) is 3.33. The molecule has 0 amide bonds. The first kappa shape index (κ1) is 16.8. The van der Waals surface area contributed by atoms with E-state index in [1.54, 1.807) is 12.1 Å². The van der Waals surface area contributed by atoms with Crippen molar-refractivity contribution in [3.8, 4) is 0 Å². The van der Waals surface area contributed by atoms with E-state index in [-0.39, 0.29) is 17.7 Å². The highest BCUT2D eigenvalue weighted by Gasteiger charge is 2.12. The van der Waals surface area contributed by atoms with E-state index in [2.05, 4.69) is 15.9 Å². The number of ether oxygens (including phenoxy) is 1. The number of ketones is 1. The predicted molar refractivity (Wildman–Crippen MR) is 86.2 cm³/mol. The van der Waals surface area contributed by atoms with Crippen LogP contribution in [-0.2, 0) is 16.0 Å². The van der Waals surface area contributed by atoms with Crippen molar-refractivity contribution in [3.05, 3.63) is 74.2 Å². The summed E-state index contributed by atoms with van der Waals surface area (Å²) in [7, 11) is 0. The second kappa shape index (κ2) is 7.64. The smallest absolute Gasteiger partial charge is 0.310 e. The average Bonchev–Trinajstić information content (AvgIpc) is 2.55. The first-order chi connectivity index (χ1) is 11.0. The van der Waals surface area contributed by atoms with Crippen LogP contribution < -0.4 is 0 Å². The number of esters is 1. The molecular weight excluding hydrogens is 366 g/mol. The average molecular weight is 378 g/mol. The summed E-state index contributed by atoms with van der Waals surface area (Å²) in [6, 6.07) is 12.3.